The van der Waals surface area contributed by atoms with Crippen molar-refractivity contribution in [2.75, 3.05) is 24.5 Å². The van der Waals surface area contributed by atoms with E-state index in [9.17, 15) is 13.6 Å². The van der Waals surface area contributed by atoms with E-state index >= 15 is 0 Å². The number of halogens is 4. The van der Waals surface area contributed by atoms with Gasteiger partial charge >= 0.3 is 6.61 Å². The smallest absolute Gasteiger partial charge is 0.387 e. The van der Waals surface area contributed by atoms with E-state index in [4.69, 9.17) is 5.73 Å². The van der Waals surface area contributed by atoms with E-state index in [1.165, 1.54) is 6.07 Å². The summed E-state index contributed by atoms with van der Waals surface area (Å²) in [5, 5.41) is 3.08. The number of benzene rings is 1. The molecule has 1 heterocycles. The molecule has 0 aliphatic carbocycles. The summed E-state index contributed by atoms with van der Waals surface area (Å²) in [6, 6.07) is 6.70. The van der Waals surface area contributed by atoms with E-state index < -0.39 is 12.0 Å². The van der Waals surface area contributed by atoms with Gasteiger partial charge in [0.15, 0.2) is 0 Å². The van der Waals surface area contributed by atoms with Crippen molar-refractivity contribution in [1.82, 2.24) is 5.32 Å². The SMILES string of the molecule is CCC(CC)(CN)C(=O)NC1CCN(c2ccccc2OC(F)F)C1.Cl.Cl. The van der Waals surface area contributed by atoms with E-state index in [0.717, 1.165) is 6.42 Å². The Morgan fingerprint density at radius 1 is 1.33 bits per heavy atom. The van der Waals surface area contributed by atoms with Crippen molar-refractivity contribution in [2.24, 2.45) is 11.1 Å². The Morgan fingerprint density at radius 2 is 1.96 bits per heavy atom. The van der Waals surface area contributed by atoms with Crippen molar-refractivity contribution in [3.8, 4) is 5.75 Å². The number of hydrogen-bond acceptors (Lipinski definition) is 4. The molecule has 0 aromatic heterocycles. The third kappa shape index (κ3) is 6.09. The Hall–Kier alpha value is -1.31. The number of para-hydroxylation sites is 2. The Bertz CT molecular complexity index is 581. The fraction of sp³-hybridized carbons (Fsp3) is 0.611. The number of carbonyl (C=O) groups excluding carboxylic acids is 1. The monoisotopic (exact) mass is 427 g/mol. The fourth-order valence-electron chi connectivity index (χ4n) is 3.30. The van der Waals surface area contributed by atoms with Crippen LogP contribution in [0.4, 0.5) is 14.5 Å². The third-order valence-electron chi connectivity index (χ3n) is 5.17. The molecule has 1 fully saturated rings. The van der Waals surface area contributed by atoms with Crippen LogP contribution in [0.15, 0.2) is 24.3 Å². The van der Waals surface area contributed by atoms with Gasteiger partial charge in [-0.2, -0.15) is 8.78 Å². The average Bonchev–Trinajstić information content (AvgIpc) is 3.05. The molecule has 1 saturated heterocycles. The molecule has 156 valence electrons. The molecule has 1 amide bonds. The van der Waals surface area contributed by atoms with Crippen LogP contribution in [0.25, 0.3) is 0 Å². The van der Waals surface area contributed by atoms with Gasteiger partial charge in [-0.3, -0.25) is 4.79 Å². The average molecular weight is 428 g/mol. The normalized spacial score (nSPS) is 16.5. The van der Waals surface area contributed by atoms with Crippen molar-refractivity contribution in [2.45, 2.75) is 45.8 Å². The predicted molar refractivity (Wildman–Crippen MR) is 108 cm³/mol. The number of nitrogens with zero attached hydrogens (tertiary/aromatic N) is 1. The molecule has 0 spiro atoms. The maximum atomic E-state index is 12.6. The van der Waals surface area contributed by atoms with Crippen LogP contribution in [-0.4, -0.2) is 38.2 Å². The highest BCUT2D eigenvalue weighted by Gasteiger charge is 2.36. The first kappa shape index (κ1) is 25.7. The van der Waals surface area contributed by atoms with E-state index in [2.05, 4.69) is 10.1 Å². The topological polar surface area (TPSA) is 67.6 Å². The largest absolute Gasteiger partial charge is 0.433 e. The highest BCUT2D eigenvalue weighted by molar-refractivity contribution is 5.85. The lowest BCUT2D eigenvalue weighted by atomic mass is 9.81. The van der Waals surface area contributed by atoms with E-state index in [0.29, 0.717) is 38.2 Å². The van der Waals surface area contributed by atoms with Crippen LogP contribution in [0.5, 0.6) is 5.75 Å². The van der Waals surface area contributed by atoms with Crippen molar-refractivity contribution in [3.63, 3.8) is 0 Å². The Kier molecular flexibility index (Phi) is 11.0. The Labute approximate surface area is 171 Å². The molecular formula is C18H29Cl2F2N3O2. The lowest BCUT2D eigenvalue weighted by Crippen LogP contribution is -2.49. The van der Waals surface area contributed by atoms with Crippen LogP contribution in [0.1, 0.15) is 33.1 Å². The Balaban J connectivity index is 0.00000338. The minimum atomic E-state index is -2.86. The first-order valence-electron chi connectivity index (χ1n) is 8.75. The maximum Gasteiger partial charge on any atom is 0.387 e. The van der Waals surface area contributed by atoms with E-state index in [-0.39, 0.29) is 42.5 Å². The van der Waals surface area contributed by atoms with Gasteiger partial charge in [-0.15, -0.1) is 24.8 Å². The second-order valence-corrected chi connectivity index (χ2v) is 6.44. The number of anilines is 1. The molecule has 9 heteroatoms. The van der Waals surface area contributed by atoms with Gasteiger partial charge in [0.1, 0.15) is 5.75 Å². The van der Waals surface area contributed by atoms with Crippen molar-refractivity contribution < 1.29 is 18.3 Å². The number of hydrogen-bond donors (Lipinski definition) is 2. The first-order chi connectivity index (χ1) is 12.0. The molecule has 27 heavy (non-hydrogen) atoms. The molecule has 1 atom stereocenters. The Morgan fingerprint density at radius 3 is 2.52 bits per heavy atom. The van der Waals surface area contributed by atoms with Crippen molar-refractivity contribution >= 4 is 36.4 Å². The second kappa shape index (κ2) is 11.5. The van der Waals surface area contributed by atoms with Gasteiger partial charge in [0, 0.05) is 25.7 Å². The zero-order valence-corrected chi connectivity index (χ0v) is 17.3. The summed E-state index contributed by atoms with van der Waals surface area (Å²) in [5.41, 5.74) is 5.91. The molecule has 1 aromatic rings. The molecular weight excluding hydrogens is 399 g/mol. The van der Waals surface area contributed by atoms with E-state index in [1.54, 1.807) is 18.2 Å². The van der Waals surface area contributed by atoms with E-state index in [1.807, 2.05) is 18.7 Å². The highest BCUT2D eigenvalue weighted by Crippen LogP contribution is 2.32. The molecule has 0 bridgehead atoms. The van der Waals surface area contributed by atoms with Gasteiger partial charge in [0.25, 0.3) is 0 Å². The lowest BCUT2D eigenvalue weighted by molar-refractivity contribution is -0.131. The van der Waals surface area contributed by atoms with Crippen molar-refractivity contribution in [1.29, 1.82) is 0 Å². The number of nitrogens with one attached hydrogen (secondary N) is 1. The van der Waals surface area contributed by atoms with Crippen LogP contribution >= 0.6 is 24.8 Å². The van der Waals surface area contributed by atoms with Gasteiger partial charge < -0.3 is 20.7 Å². The molecule has 1 aliphatic heterocycles. The predicted octanol–water partition coefficient (Wildman–Crippen LogP) is 3.59. The van der Waals surface area contributed by atoms with Gasteiger partial charge in [-0.25, -0.2) is 0 Å². The van der Waals surface area contributed by atoms with Gasteiger partial charge in [-0.05, 0) is 31.4 Å². The summed E-state index contributed by atoms with van der Waals surface area (Å²) in [5.74, 6) is 0.131. The number of alkyl halides is 2. The van der Waals surface area contributed by atoms with Gasteiger partial charge in [0.05, 0.1) is 11.1 Å². The standard InChI is InChI=1S/C18H27F2N3O2.2ClH/c1-3-18(4-2,12-21)16(24)22-13-9-10-23(11-13)14-7-5-6-8-15(14)25-17(19)20;;/h5-8,13,17H,3-4,9-12,21H2,1-2H3,(H,22,24);2*1H. The molecule has 1 aliphatic rings. The number of nitrogens with two attached hydrogens (primary N) is 1. The summed E-state index contributed by atoms with van der Waals surface area (Å²) in [6.07, 6.45) is 2.13. The summed E-state index contributed by atoms with van der Waals surface area (Å²) < 4.78 is 29.8. The maximum absolute atomic E-state index is 12.6. The van der Waals surface area contributed by atoms with Crippen molar-refractivity contribution in [3.05, 3.63) is 24.3 Å². The zero-order chi connectivity index (χ0) is 18.4. The van der Waals surface area contributed by atoms with Crippen LogP contribution in [0, 0.1) is 5.41 Å². The van der Waals surface area contributed by atoms with Gasteiger partial charge in [-0.1, -0.05) is 26.0 Å². The molecule has 2 rings (SSSR count). The minimum absolute atomic E-state index is 0. The quantitative estimate of drug-likeness (QED) is 0.664. The third-order valence-corrected chi connectivity index (χ3v) is 5.17. The van der Waals surface area contributed by atoms with Crippen LogP contribution in [0.3, 0.4) is 0 Å². The summed E-state index contributed by atoms with van der Waals surface area (Å²) in [4.78, 5) is 14.6. The van der Waals surface area contributed by atoms with Gasteiger partial charge in [0.2, 0.25) is 5.91 Å². The molecule has 0 saturated carbocycles. The lowest BCUT2D eigenvalue weighted by Gasteiger charge is -2.30. The fourth-order valence-corrected chi connectivity index (χ4v) is 3.30. The number of rotatable bonds is 8. The molecule has 1 aromatic carbocycles. The van der Waals surface area contributed by atoms with Crippen LogP contribution < -0.4 is 20.7 Å². The summed E-state index contributed by atoms with van der Waals surface area (Å²) in [6.45, 7) is 2.61. The molecule has 0 radical (unpaired) electrons. The molecule has 1 unspecified atom stereocenters. The number of carbonyl (C=O) groups is 1. The molecule has 5 nitrogen and oxygen atoms in total. The zero-order valence-electron chi connectivity index (χ0n) is 15.6. The van der Waals surface area contributed by atoms with Crippen LogP contribution in [-0.2, 0) is 4.79 Å². The summed E-state index contributed by atoms with van der Waals surface area (Å²) >= 11 is 0. The highest BCUT2D eigenvalue weighted by atomic mass is 35.5. The minimum Gasteiger partial charge on any atom is -0.433 e. The number of amides is 1. The second-order valence-electron chi connectivity index (χ2n) is 6.44. The summed E-state index contributed by atoms with van der Waals surface area (Å²) in [7, 11) is 0. The molecule has 3 N–H and O–H groups in total. The van der Waals surface area contributed by atoms with Crippen LogP contribution in [0.2, 0.25) is 0 Å². The number of ether oxygens (including phenoxy) is 1. The first-order valence-corrected chi connectivity index (χ1v) is 8.75.